The van der Waals surface area contributed by atoms with Crippen molar-refractivity contribution in [1.82, 2.24) is 14.9 Å². The Labute approximate surface area is 163 Å². The summed E-state index contributed by atoms with van der Waals surface area (Å²) in [6, 6.07) is 9.08. The van der Waals surface area contributed by atoms with E-state index < -0.39 is 10.0 Å². The van der Waals surface area contributed by atoms with Gasteiger partial charge in [0.05, 0.1) is 0 Å². The predicted octanol–water partition coefficient (Wildman–Crippen LogP) is 4.31. The van der Waals surface area contributed by atoms with Gasteiger partial charge in [0.1, 0.15) is 4.21 Å². The van der Waals surface area contributed by atoms with E-state index in [0.29, 0.717) is 23.2 Å². The maximum atomic E-state index is 12.5. The fourth-order valence-corrected chi connectivity index (χ4v) is 5.08. The summed E-state index contributed by atoms with van der Waals surface area (Å²) in [5.41, 5.74) is 1.55. The van der Waals surface area contributed by atoms with Gasteiger partial charge in [0.15, 0.2) is 0 Å². The number of aromatic nitrogens is 2. The maximum absolute atomic E-state index is 12.5. The molecule has 0 bridgehead atoms. The van der Waals surface area contributed by atoms with Crippen molar-refractivity contribution in [3.63, 3.8) is 0 Å². The van der Waals surface area contributed by atoms with E-state index in [1.165, 1.54) is 6.42 Å². The van der Waals surface area contributed by atoms with Crippen molar-refractivity contribution in [2.45, 2.75) is 35.9 Å². The zero-order valence-corrected chi connectivity index (χ0v) is 16.9. The van der Waals surface area contributed by atoms with E-state index in [-0.39, 0.29) is 10.8 Å². The van der Waals surface area contributed by atoms with Gasteiger partial charge in [0, 0.05) is 27.9 Å². The monoisotopic (exact) mass is 453 g/mol. The summed E-state index contributed by atoms with van der Waals surface area (Å²) in [6.07, 6.45) is 3.34. The molecule has 4 rings (SSSR count). The Bertz CT molecular complexity index is 1010. The van der Waals surface area contributed by atoms with Crippen molar-refractivity contribution >= 4 is 37.3 Å². The highest BCUT2D eigenvalue weighted by molar-refractivity contribution is 9.10. The molecule has 6 nitrogen and oxygen atoms in total. The fraction of sp³-hybridized carbons (Fsp3) is 0.294. The molecule has 0 radical (unpaired) electrons. The molecule has 1 saturated carbocycles. The lowest BCUT2D eigenvalue weighted by Gasteiger charge is -2.20. The number of hydrogen-bond donors (Lipinski definition) is 1. The zero-order valence-electron chi connectivity index (χ0n) is 13.7. The van der Waals surface area contributed by atoms with Crippen molar-refractivity contribution in [3.8, 4) is 11.4 Å². The predicted molar refractivity (Wildman–Crippen MR) is 102 cm³/mol. The van der Waals surface area contributed by atoms with Crippen LogP contribution in [0.1, 0.15) is 36.6 Å². The number of sulfonamides is 1. The van der Waals surface area contributed by atoms with E-state index in [1.54, 1.807) is 11.4 Å². The maximum Gasteiger partial charge on any atom is 0.250 e. The third kappa shape index (κ3) is 3.75. The second-order valence-electron chi connectivity index (χ2n) is 6.19. The molecule has 0 amide bonds. The standard InChI is InChI=1S/C17H16BrN3O3S2/c18-14-6-4-11(5-7-14)9-19-26(22,23)15-8-13(10-25-15)16-20-17(24-21-16)12-2-1-3-12/h4-8,10,12,19H,1-3,9H2. The molecule has 2 aromatic heterocycles. The highest BCUT2D eigenvalue weighted by Crippen LogP contribution is 2.36. The number of hydrogen-bond acceptors (Lipinski definition) is 6. The minimum atomic E-state index is -3.59. The van der Waals surface area contributed by atoms with Gasteiger partial charge in [-0.25, -0.2) is 13.1 Å². The summed E-state index contributed by atoms with van der Waals surface area (Å²) in [5, 5.41) is 5.73. The van der Waals surface area contributed by atoms with Gasteiger partial charge in [-0.05, 0) is 36.6 Å². The first kappa shape index (κ1) is 17.8. The van der Waals surface area contributed by atoms with Crippen LogP contribution >= 0.6 is 27.3 Å². The lowest BCUT2D eigenvalue weighted by molar-refractivity contribution is 0.292. The van der Waals surface area contributed by atoms with Gasteiger partial charge in [0.2, 0.25) is 21.7 Å². The van der Waals surface area contributed by atoms with Crippen molar-refractivity contribution in [3.05, 3.63) is 51.6 Å². The molecule has 1 aromatic carbocycles. The summed E-state index contributed by atoms with van der Waals surface area (Å²) in [6.45, 7) is 0.233. The minimum Gasteiger partial charge on any atom is -0.339 e. The van der Waals surface area contributed by atoms with E-state index in [0.717, 1.165) is 34.2 Å². The highest BCUT2D eigenvalue weighted by Gasteiger charge is 2.26. The molecule has 1 fully saturated rings. The summed E-state index contributed by atoms with van der Waals surface area (Å²) in [7, 11) is -3.59. The fourth-order valence-electron chi connectivity index (χ4n) is 2.60. The molecular formula is C17H16BrN3O3S2. The van der Waals surface area contributed by atoms with E-state index in [1.807, 2.05) is 24.3 Å². The second-order valence-corrected chi connectivity index (χ2v) is 10.0. The number of benzene rings is 1. The van der Waals surface area contributed by atoms with Crippen LogP contribution in [0.15, 0.2) is 48.9 Å². The van der Waals surface area contributed by atoms with Gasteiger partial charge in [0.25, 0.3) is 0 Å². The van der Waals surface area contributed by atoms with Crippen molar-refractivity contribution in [1.29, 1.82) is 0 Å². The van der Waals surface area contributed by atoms with Crippen LogP contribution in [0.25, 0.3) is 11.4 Å². The molecule has 136 valence electrons. The highest BCUT2D eigenvalue weighted by atomic mass is 79.9. The number of rotatable bonds is 6. The Balaban J connectivity index is 1.47. The third-order valence-electron chi connectivity index (χ3n) is 4.37. The SMILES string of the molecule is O=S(=O)(NCc1ccc(Br)cc1)c1cc(-c2noc(C3CCC3)n2)cs1. The normalized spacial score (nSPS) is 15.1. The average Bonchev–Trinajstić information content (AvgIpc) is 3.22. The Morgan fingerprint density at radius 3 is 2.73 bits per heavy atom. The molecule has 2 heterocycles. The first-order valence-corrected chi connectivity index (χ1v) is 11.3. The number of thiophene rings is 1. The van der Waals surface area contributed by atoms with Crippen LogP contribution in [0.2, 0.25) is 0 Å². The molecule has 1 aliphatic rings. The largest absolute Gasteiger partial charge is 0.339 e. The zero-order chi connectivity index (χ0) is 18.1. The molecule has 9 heteroatoms. The van der Waals surface area contributed by atoms with E-state index >= 15 is 0 Å². The Hall–Kier alpha value is -1.55. The van der Waals surface area contributed by atoms with Gasteiger partial charge in [-0.3, -0.25) is 0 Å². The molecule has 1 N–H and O–H groups in total. The molecule has 0 unspecified atom stereocenters. The van der Waals surface area contributed by atoms with Gasteiger partial charge < -0.3 is 4.52 Å². The Morgan fingerprint density at radius 1 is 1.27 bits per heavy atom. The molecular weight excluding hydrogens is 438 g/mol. The van der Waals surface area contributed by atoms with Crippen LogP contribution in [0.3, 0.4) is 0 Å². The van der Waals surface area contributed by atoms with Gasteiger partial charge in [-0.15, -0.1) is 11.3 Å². The first-order valence-electron chi connectivity index (χ1n) is 8.18. The number of nitrogens with zero attached hydrogens (tertiary/aromatic N) is 2. The van der Waals surface area contributed by atoms with Crippen LogP contribution < -0.4 is 4.72 Å². The first-order chi connectivity index (χ1) is 12.5. The number of nitrogens with one attached hydrogen (secondary N) is 1. The van der Waals surface area contributed by atoms with Crippen LogP contribution in [-0.4, -0.2) is 18.6 Å². The molecule has 0 atom stereocenters. The summed E-state index contributed by atoms with van der Waals surface area (Å²) in [4.78, 5) is 4.41. The Morgan fingerprint density at radius 2 is 2.04 bits per heavy atom. The van der Waals surface area contributed by atoms with Gasteiger partial charge in [-0.2, -0.15) is 4.98 Å². The molecule has 3 aromatic rings. The van der Waals surface area contributed by atoms with Crippen LogP contribution in [0.5, 0.6) is 0 Å². The van der Waals surface area contributed by atoms with Crippen molar-refractivity contribution in [2.75, 3.05) is 0 Å². The van der Waals surface area contributed by atoms with E-state index in [9.17, 15) is 8.42 Å². The van der Waals surface area contributed by atoms with Crippen LogP contribution in [0, 0.1) is 0 Å². The molecule has 0 saturated heterocycles. The lowest BCUT2D eigenvalue weighted by Crippen LogP contribution is -2.22. The van der Waals surface area contributed by atoms with E-state index in [2.05, 4.69) is 30.8 Å². The molecule has 26 heavy (non-hydrogen) atoms. The average molecular weight is 454 g/mol. The molecule has 1 aliphatic carbocycles. The smallest absolute Gasteiger partial charge is 0.250 e. The van der Waals surface area contributed by atoms with Crippen molar-refractivity contribution < 1.29 is 12.9 Å². The minimum absolute atomic E-state index is 0.233. The van der Waals surface area contributed by atoms with E-state index in [4.69, 9.17) is 4.52 Å². The summed E-state index contributed by atoms with van der Waals surface area (Å²) < 4.78 is 34.1. The van der Waals surface area contributed by atoms with Gasteiger partial charge >= 0.3 is 0 Å². The summed E-state index contributed by atoms with van der Waals surface area (Å²) >= 11 is 4.51. The Kier molecular flexibility index (Phi) is 4.96. The van der Waals surface area contributed by atoms with Gasteiger partial charge in [-0.1, -0.05) is 39.6 Å². The van der Waals surface area contributed by atoms with Crippen molar-refractivity contribution in [2.24, 2.45) is 0 Å². The molecule has 0 aliphatic heterocycles. The second kappa shape index (κ2) is 7.22. The van der Waals surface area contributed by atoms with Crippen LogP contribution in [-0.2, 0) is 16.6 Å². The topological polar surface area (TPSA) is 85.1 Å². The quantitative estimate of drug-likeness (QED) is 0.600. The molecule has 0 spiro atoms. The third-order valence-corrected chi connectivity index (χ3v) is 7.74. The summed E-state index contributed by atoms with van der Waals surface area (Å²) in [5.74, 6) is 1.44. The number of halogens is 1. The van der Waals surface area contributed by atoms with Crippen LogP contribution in [0.4, 0.5) is 0 Å². The lowest BCUT2D eigenvalue weighted by atomic mass is 9.85.